The van der Waals surface area contributed by atoms with Crippen molar-refractivity contribution in [1.29, 1.82) is 0 Å². The number of carbonyl (C=O) groups is 1. The Morgan fingerprint density at radius 2 is 2.18 bits per heavy atom. The van der Waals surface area contributed by atoms with Crippen molar-refractivity contribution in [3.8, 4) is 0 Å². The highest BCUT2D eigenvalue weighted by atomic mass is 32.1. The van der Waals surface area contributed by atoms with E-state index >= 15 is 0 Å². The lowest BCUT2D eigenvalue weighted by Gasteiger charge is -2.04. The minimum atomic E-state index is -0.844. The molecule has 0 amide bonds. The van der Waals surface area contributed by atoms with Crippen LogP contribution in [-0.2, 0) is 11.2 Å². The van der Waals surface area contributed by atoms with E-state index < -0.39 is 5.97 Å². The van der Waals surface area contributed by atoms with Gasteiger partial charge in [-0.05, 0) is 13.8 Å². The number of carboxylic acid groups (broad SMARTS) is 1. The van der Waals surface area contributed by atoms with Crippen LogP contribution >= 0.6 is 12.2 Å². The van der Waals surface area contributed by atoms with Crippen LogP contribution < -0.4 is 0 Å². The SMILES string of the molecule is Cc1nc2nc(CCC(=O)O)c(C)c(=S)n2[nH]1. The number of rotatable bonds is 3. The van der Waals surface area contributed by atoms with Crippen molar-refractivity contribution in [1.82, 2.24) is 19.6 Å². The quantitative estimate of drug-likeness (QED) is 0.807. The van der Waals surface area contributed by atoms with E-state index in [1.165, 1.54) is 0 Å². The maximum Gasteiger partial charge on any atom is 0.303 e. The zero-order chi connectivity index (χ0) is 12.6. The highest BCUT2D eigenvalue weighted by molar-refractivity contribution is 7.71. The van der Waals surface area contributed by atoms with E-state index in [4.69, 9.17) is 17.3 Å². The Morgan fingerprint density at radius 3 is 2.82 bits per heavy atom. The summed E-state index contributed by atoms with van der Waals surface area (Å²) in [6.45, 7) is 3.66. The highest BCUT2D eigenvalue weighted by Gasteiger charge is 2.10. The van der Waals surface area contributed by atoms with Gasteiger partial charge in [-0.25, -0.2) is 9.50 Å². The molecule has 0 aliphatic rings. The summed E-state index contributed by atoms with van der Waals surface area (Å²) in [5.74, 6) is 0.361. The van der Waals surface area contributed by atoms with E-state index in [0.717, 1.165) is 11.4 Å². The van der Waals surface area contributed by atoms with Gasteiger partial charge in [0.25, 0.3) is 5.78 Å². The predicted molar refractivity (Wildman–Crippen MR) is 63.6 cm³/mol. The van der Waals surface area contributed by atoms with Crippen LogP contribution in [0.3, 0.4) is 0 Å². The largest absolute Gasteiger partial charge is 0.481 e. The average Bonchev–Trinajstić information content (AvgIpc) is 2.62. The van der Waals surface area contributed by atoms with E-state index in [-0.39, 0.29) is 6.42 Å². The number of hydrogen-bond acceptors (Lipinski definition) is 4. The van der Waals surface area contributed by atoms with Crippen LogP contribution in [0.15, 0.2) is 0 Å². The third-order valence-electron chi connectivity index (χ3n) is 2.51. The van der Waals surface area contributed by atoms with Crippen LogP contribution in [0, 0.1) is 18.5 Å². The molecule has 0 atom stereocenters. The summed E-state index contributed by atoms with van der Waals surface area (Å²) in [4.78, 5) is 19.1. The van der Waals surface area contributed by atoms with Crippen LogP contribution in [0.4, 0.5) is 0 Å². The molecule has 2 N–H and O–H groups in total. The van der Waals surface area contributed by atoms with Gasteiger partial charge in [-0.15, -0.1) is 0 Å². The second-order valence-corrected chi connectivity index (χ2v) is 4.21. The van der Waals surface area contributed by atoms with Crippen LogP contribution in [0.25, 0.3) is 5.78 Å². The number of aryl methyl sites for hydroxylation is 2. The molecule has 6 nitrogen and oxygen atoms in total. The molecule has 7 heteroatoms. The monoisotopic (exact) mass is 252 g/mol. The summed E-state index contributed by atoms with van der Waals surface area (Å²) in [5.41, 5.74) is 1.52. The van der Waals surface area contributed by atoms with Gasteiger partial charge in [0.05, 0.1) is 12.1 Å². The van der Waals surface area contributed by atoms with Crippen molar-refractivity contribution in [3.05, 3.63) is 21.7 Å². The molecule has 17 heavy (non-hydrogen) atoms. The zero-order valence-corrected chi connectivity index (χ0v) is 10.3. The number of nitrogens with zero attached hydrogens (tertiary/aromatic N) is 3. The molecular formula is C10H12N4O2S. The topological polar surface area (TPSA) is 83.3 Å². The lowest BCUT2D eigenvalue weighted by Crippen LogP contribution is -2.05. The third kappa shape index (κ3) is 2.19. The highest BCUT2D eigenvalue weighted by Crippen LogP contribution is 2.11. The Balaban J connectivity index is 2.53. The van der Waals surface area contributed by atoms with E-state index in [9.17, 15) is 4.79 Å². The summed E-state index contributed by atoms with van der Waals surface area (Å²) >= 11 is 5.28. The molecule has 0 saturated heterocycles. The minimum absolute atomic E-state index is 0.0438. The summed E-state index contributed by atoms with van der Waals surface area (Å²) < 4.78 is 2.22. The van der Waals surface area contributed by atoms with Gasteiger partial charge in [0.15, 0.2) is 0 Å². The molecule has 0 fully saturated rings. The second kappa shape index (κ2) is 4.25. The van der Waals surface area contributed by atoms with Gasteiger partial charge in [-0.3, -0.25) is 9.89 Å². The van der Waals surface area contributed by atoms with Gasteiger partial charge in [0.2, 0.25) is 0 Å². The van der Waals surface area contributed by atoms with Crippen molar-refractivity contribution >= 4 is 24.0 Å². The van der Waals surface area contributed by atoms with E-state index in [1.54, 1.807) is 4.52 Å². The van der Waals surface area contributed by atoms with Gasteiger partial charge >= 0.3 is 5.97 Å². The van der Waals surface area contributed by atoms with Gasteiger partial charge in [0.1, 0.15) is 10.5 Å². The van der Waals surface area contributed by atoms with E-state index in [1.807, 2.05) is 13.8 Å². The normalized spacial score (nSPS) is 10.9. The zero-order valence-electron chi connectivity index (χ0n) is 9.52. The number of hydrogen-bond donors (Lipinski definition) is 2. The van der Waals surface area contributed by atoms with Crippen molar-refractivity contribution in [2.45, 2.75) is 26.7 Å². The van der Waals surface area contributed by atoms with Crippen LogP contribution in [0.5, 0.6) is 0 Å². The molecule has 0 saturated carbocycles. The molecule has 0 aromatic carbocycles. The maximum absolute atomic E-state index is 10.6. The smallest absolute Gasteiger partial charge is 0.303 e. The van der Waals surface area contributed by atoms with Crippen molar-refractivity contribution in [2.24, 2.45) is 0 Å². The summed E-state index contributed by atoms with van der Waals surface area (Å²) in [7, 11) is 0. The Morgan fingerprint density at radius 1 is 1.47 bits per heavy atom. The minimum Gasteiger partial charge on any atom is -0.481 e. The molecule has 2 aromatic heterocycles. The average molecular weight is 252 g/mol. The number of aromatic nitrogens is 4. The predicted octanol–water partition coefficient (Wildman–Crippen LogP) is 1.42. The number of aliphatic carboxylic acids is 1. The van der Waals surface area contributed by atoms with Gasteiger partial charge in [0, 0.05) is 12.0 Å². The maximum atomic E-state index is 10.6. The molecule has 2 aromatic rings. The molecule has 0 spiro atoms. The van der Waals surface area contributed by atoms with Gasteiger partial charge < -0.3 is 5.11 Å². The first-order valence-electron chi connectivity index (χ1n) is 5.15. The first kappa shape index (κ1) is 11.7. The molecule has 0 unspecified atom stereocenters. The number of carboxylic acids is 1. The molecule has 2 heterocycles. The second-order valence-electron chi connectivity index (χ2n) is 3.83. The van der Waals surface area contributed by atoms with Crippen molar-refractivity contribution in [3.63, 3.8) is 0 Å². The van der Waals surface area contributed by atoms with Gasteiger partial charge in [-0.1, -0.05) is 12.2 Å². The third-order valence-corrected chi connectivity index (χ3v) is 3.00. The van der Waals surface area contributed by atoms with E-state index in [0.29, 0.717) is 22.5 Å². The number of aromatic amines is 1. The Hall–Kier alpha value is -1.76. The van der Waals surface area contributed by atoms with Crippen LogP contribution in [0.2, 0.25) is 0 Å². The first-order valence-corrected chi connectivity index (χ1v) is 5.56. The first-order chi connectivity index (χ1) is 7.99. The molecule has 90 valence electrons. The standard InChI is InChI=1S/C10H12N4O2S/c1-5-7(3-4-8(15)16)12-10-11-6(2)13-14(10)9(5)17/h3-4H2,1-2H3,(H,15,16)(H,11,12,13). The fraction of sp³-hybridized carbons (Fsp3) is 0.400. The molecule has 0 aliphatic carbocycles. The summed E-state index contributed by atoms with van der Waals surface area (Å²) in [6.07, 6.45) is 0.412. The van der Waals surface area contributed by atoms with Crippen LogP contribution in [0.1, 0.15) is 23.5 Å². The fourth-order valence-electron chi connectivity index (χ4n) is 1.62. The lowest BCUT2D eigenvalue weighted by molar-refractivity contribution is -0.136. The molecular weight excluding hydrogens is 240 g/mol. The number of nitrogens with one attached hydrogen (secondary N) is 1. The molecule has 0 bridgehead atoms. The Kier molecular flexibility index (Phi) is 2.93. The van der Waals surface area contributed by atoms with Crippen molar-refractivity contribution in [2.75, 3.05) is 0 Å². The van der Waals surface area contributed by atoms with Crippen molar-refractivity contribution < 1.29 is 9.90 Å². The van der Waals surface area contributed by atoms with Gasteiger partial charge in [-0.2, -0.15) is 4.98 Å². The van der Waals surface area contributed by atoms with E-state index in [2.05, 4.69) is 15.1 Å². The number of fused-ring (bicyclic) bond motifs is 1. The summed E-state index contributed by atoms with van der Waals surface area (Å²) in [5, 5.41) is 11.7. The van der Waals surface area contributed by atoms with Crippen LogP contribution in [-0.4, -0.2) is 30.7 Å². The Bertz CT molecular complexity index is 644. The molecule has 0 aliphatic heterocycles. The molecule has 2 rings (SSSR count). The lowest BCUT2D eigenvalue weighted by atomic mass is 10.1. The molecule has 0 radical (unpaired) electrons. The fourth-order valence-corrected chi connectivity index (χ4v) is 1.86. The number of H-pyrrole nitrogens is 1. The summed E-state index contributed by atoms with van der Waals surface area (Å²) in [6, 6.07) is 0. The Labute approximate surface area is 102 Å².